The van der Waals surface area contributed by atoms with E-state index >= 15 is 0 Å². The van der Waals surface area contributed by atoms with Gasteiger partial charge in [-0.15, -0.1) is 0 Å². The van der Waals surface area contributed by atoms with E-state index in [9.17, 15) is 19.7 Å². The molecule has 0 saturated heterocycles. The van der Waals surface area contributed by atoms with Crippen LogP contribution in [0.3, 0.4) is 0 Å². The highest BCUT2D eigenvalue weighted by Crippen LogP contribution is 2.26. The molecule has 27 heavy (non-hydrogen) atoms. The summed E-state index contributed by atoms with van der Waals surface area (Å²) in [5.74, 6) is -0.589. The Bertz CT molecular complexity index is 836. The number of rotatable bonds is 9. The van der Waals surface area contributed by atoms with E-state index in [1.165, 1.54) is 12.1 Å². The van der Waals surface area contributed by atoms with Gasteiger partial charge in [0.25, 0.3) is 0 Å². The van der Waals surface area contributed by atoms with Crippen LogP contribution in [0, 0.1) is 17.0 Å². The number of amides is 1. The molecule has 0 saturated carbocycles. The first-order valence-electron chi connectivity index (χ1n) is 8.23. The summed E-state index contributed by atoms with van der Waals surface area (Å²) >= 11 is 1.05. The zero-order chi connectivity index (χ0) is 19.8. The number of ether oxygens (including phenoxy) is 2. The maximum absolute atomic E-state index is 12.0. The highest BCUT2D eigenvalue weighted by atomic mass is 32.1. The Morgan fingerprint density at radius 2 is 2.07 bits per heavy atom. The molecule has 0 aliphatic rings. The SMILES string of the molecule is CCOC(=O)c1sc(NC(=O)CCCOc2ccccc2[N+](=O)[O-])nc1C. The second kappa shape index (κ2) is 9.62. The molecule has 144 valence electrons. The largest absolute Gasteiger partial charge is 0.487 e. The molecular weight excluding hydrogens is 374 g/mol. The molecule has 10 heteroatoms. The number of hydrogen-bond donors (Lipinski definition) is 1. The number of carbonyl (C=O) groups excluding carboxylic acids is 2. The molecule has 0 unspecified atom stereocenters. The number of thiazole rings is 1. The second-order valence-corrected chi connectivity index (χ2v) is 6.38. The van der Waals surface area contributed by atoms with Crippen LogP contribution >= 0.6 is 11.3 Å². The van der Waals surface area contributed by atoms with E-state index in [0.717, 1.165) is 11.3 Å². The van der Waals surface area contributed by atoms with Crippen molar-refractivity contribution in [3.63, 3.8) is 0 Å². The molecule has 2 aromatic rings. The van der Waals surface area contributed by atoms with Gasteiger partial charge in [0.05, 0.1) is 23.8 Å². The van der Waals surface area contributed by atoms with Gasteiger partial charge in [-0.2, -0.15) is 0 Å². The van der Waals surface area contributed by atoms with E-state index in [1.54, 1.807) is 26.0 Å². The Labute approximate surface area is 159 Å². The quantitative estimate of drug-likeness (QED) is 0.300. The van der Waals surface area contributed by atoms with Gasteiger partial charge >= 0.3 is 11.7 Å². The molecule has 1 aromatic heterocycles. The molecule has 1 heterocycles. The van der Waals surface area contributed by atoms with Crippen LogP contribution < -0.4 is 10.1 Å². The maximum atomic E-state index is 12.0. The van der Waals surface area contributed by atoms with Gasteiger partial charge in [0.15, 0.2) is 10.9 Å². The number of benzene rings is 1. The maximum Gasteiger partial charge on any atom is 0.350 e. The van der Waals surface area contributed by atoms with E-state index in [-0.39, 0.29) is 37.0 Å². The van der Waals surface area contributed by atoms with E-state index < -0.39 is 10.9 Å². The number of para-hydroxylation sites is 2. The van der Waals surface area contributed by atoms with E-state index in [0.29, 0.717) is 22.1 Å². The molecule has 1 aromatic carbocycles. The molecule has 1 amide bonds. The number of nitrogens with zero attached hydrogens (tertiary/aromatic N) is 2. The summed E-state index contributed by atoms with van der Waals surface area (Å²) in [5.41, 5.74) is 0.375. The van der Waals surface area contributed by atoms with Crippen molar-refractivity contribution >= 4 is 34.0 Å². The lowest BCUT2D eigenvalue weighted by Gasteiger charge is -2.06. The first-order chi connectivity index (χ1) is 12.9. The molecule has 0 aliphatic carbocycles. The fraction of sp³-hybridized carbons (Fsp3) is 0.353. The number of esters is 1. The van der Waals surface area contributed by atoms with Crippen molar-refractivity contribution in [1.82, 2.24) is 4.98 Å². The number of aromatic nitrogens is 1. The van der Waals surface area contributed by atoms with Crippen molar-refractivity contribution in [3.05, 3.63) is 45.0 Å². The van der Waals surface area contributed by atoms with Gasteiger partial charge in [-0.3, -0.25) is 14.9 Å². The summed E-state index contributed by atoms with van der Waals surface area (Å²) in [5, 5.41) is 13.9. The fourth-order valence-electron chi connectivity index (χ4n) is 2.16. The minimum absolute atomic E-state index is 0.119. The third-order valence-electron chi connectivity index (χ3n) is 3.37. The van der Waals surface area contributed by atoms with Crippen molar-refractivity contribution in [3.8, 4) is 5.75 Å². The Morgan fingerprint density at radius 1 is 1.33 bits per heavy atom. The molecule has 0 fully saturated rings. The van der Waals surface area contributed by atoms with E-state index in [2.05, 4.69) is 10.3 Å². The Kier molecular flexibility index (Phi) is 7.24. The fourth-order valence-corrected chi connectivity index (χ4v) is 3.04. The van der Waals surface area contributed by atoms with Crippen LogP contribution in [0.1, 0.15) is 35.1 Å². The lowest BCUT2D eigenvalue weighted by molar-refractivity contribution is -0.385. The van der Waals surface area contributed by atoms with Crippen LogP contribution in [-0.2, 0) is 9.53 Å². The van der Waals surface area contributed by atoms with Gasteiger partial charge in [0.2, 0.25) is 5.91 Å². The third-order valence-corrected chi connectivity index (χ3v) is 4.42. The summed E-state index contributed by atoms with van der Waals surface area (Å²) in [6.07, 6.45) is 0.515. The van der Waals surface area contributed by atoms with Crippen molar-refractivity contribution in [2.24, 2.45) is 0 Å². The van der Waals surface area contributed by atoms with E-state index in [4.69, 9.17) is 9.47 Å². The molecule has 0 aliphatic heterocycles. The normalized spacial score (nSPS) is 10.3. The van der Waals surface area contributed by atoms with Gasteiger partial charge in [-0.25, -0.2) is 9.78 Å². The van der Waals surface area contributed by atoms with Crippen molar-refractivity contribution < 1.29 is 24.0 Å². The summed E-state index contributed by atoms with van der Waals surface area (Å²) in [7, 11) is 0. The number of nitro groups is 1. The smallest absolute Gasteiger partial charge is 0.350 e. The molecule has 9 nitrogen and oxygen atoms in total. The molecule has 0 radical (unpaired) electrons. The number of carbonyl (C=O) groups is 2. The van der Waals surface area contributed by atoms with E-state index in [1.807, 2.05) is 0 Å². The summed E-state index contributed by atoms with van der Waals surface area (Å²) in [6.45, 7) is 3.79. The number of anilines is 1. The average molecular weight is 393 g/mol. The van der Waals surface area contributed by atoms with Crippen LogP contribution in [0.4, 0.5) is 10.8 Å². The molecular formula is C17H19N3O6S. The van der Waals surface area contributed by atoms with Gasteiger partial charge in [-0.1, -0.05) is 23.5 Å². The average Bonchev–Trinajstić information content (AvgIpc) is 2.99. The third kappa shape index (κ3) is 5.74. The Balaban J connectivity index is 1.81. The molecule has 0 atom stereocenters. The van der Waals surface area contributed by atoms with Crippen LogP contribution in [0.25, 0.3) is 0 Å². The lowest BCUT2D eigenvalue weighted by atomic mass is 10.3. The van der Waals surface area contributed by atoms with Gasteiger partial charge in [0, 0.05) is 12.5 Å². The summed E-state index contributed by atoms with van der Waals surface area (Å²) in [4.78, 5) is 38.6. The van der Waals surface area contributed by atoms with Gasteiger partial charge in [0.1, 0.15) is 4.88 Å². The Hall–Kier alpha value is -3.01. The van der Waals surface area contributed by atoms with Crippen molar-refractivity contribution in [2.45, 2.75) is 26.7 Å². The number of nitrogens with one attached hydrogen (secondary N) is 1. The van der Waals surface area contributed by atoms with Crippen LogP contribution in [0.15, 0.2) is 24.3 Å². The monoisotopic (exact) mass is 393 g/mol. The lowest BCUT2D eigenvalue weighted by Crippen LogP contribution is -2.12. The predicted octanol–water partition coefficient (Wildman–Crippen LogP) is 3.33. The van der Waals surface area contributed by atoms with Crippen LogP contribution in [0.5, 0.6) is 5.75 Å². The first kappa shape index (κ1) is 20.3. The molecule has 0 bridgehead atoms. The second-order valence-electron chi connectivity index (χ2n) is 5.38. The van der Waals surface area contributed by atoms with Crippen LogP contribution in [-0.4, -0.2) is 35.0 Å². The molecule has 1 N–H and O–H groups in total. The predicted molar refractivity (Wildman–Crippen MR) is 99.3 cm³/mol. The molecule has 0 spiro atoms. The number of nitro benzene ring substituents is 1. The number of hydrogen-bond acceptors (Lipinski definition) is 8. The minimum Gasteiger partial charge on any atom is -0.487 e. The van der Waals surface area contributed by atoms with Crippen molar-refractivity contribution in [2.75, 3.05) is 18.5 Å². The first-order valence-corrected chi connectivity index (χ1v) is 9.04. The molecule has 2 rings (SSSR count). The standard InChI is InChI=1S/C17H19N3O6S/c1-3-25-16(22)15-11(2)18-17(27-15)19-14(21)9-6-10-26-13-8-5-4-7-12(13)20(23)24/h4-5,7-8H,3,6,9-10H2,1-2H3,(H,18,19,21). The number of aryl methyl sites for hydroxylation is 1. The summed E-state index contributed by atoms with van der Waals surface area (Å²) in [6, 6.07) is 6.06. The van der Waals surface area contributed by atoms with Gasteiger partial charge < -0.3 is 14.8 Å². The highest BCUT2D eigenvalue weighted by molar-refractivity contribution is 7.17. The topological polar surface area (TPSA) is 121 Å². The zero-order valence-electron chi connectivity index (χ0n) is 14.9. The highest BCUT2D eigenvalue weighted by Gasteiger charge is 2.17. The Morgan fingerprint density at radius 3 is 2.78 bits per heavy atom. The minimum atomic E-state index is -0.520. The van der Waals surface area contributed by atoms with Gasteiger partial charge in [-0.05, 0) is 26.3 Å². The zero-order valence-corrected chi connectivity index (χ0v) is 15.7. The van der Waals surface area contributed by atoms with Crippen molar-refractivity contribution in [1.29, 1.82) is 0 Å². The van der Waals surface area contributed by atoms with Crippen LogP contribution in [0.2, 0.25) is 0 Å². The summed E-state index contributed by atoms with van der Waals surface area (Å²) < 4.78 is 10.3.